The Morgan fingerprint density at radius 2 is 1.76 bits per heavy atom. The van der Waals surface area contributed by atoms with Gasteiger partial charge < -0.3 is 10.1 Å². The Labute approximate surface area is 135 Å². The molecule has 1 atom stereocenters. The zero-order valence-electron chi connectivity index (χ0n) is 12.6. The number of halogens is 1. The monoisotopic (exact) mass is 347 g/mol. The Kier molecular flexibility index (Phi) is 6.27. The number of ether oxygens (including phenoxy) is 1. The van der Waals surface area contributed by atoms with Crippen molar-refractivity contribution >= 4 is 15.9 Å². The summed E-state index contributed by atoms with van der Waals surface area (Å²) in [6.45, 7) is 5.77. The lowest BCUT2D eigenvalue weighted by atomic mass is 9.98. The Morgan fingerprint density at radius 1 is 1.05 bits per heavy atom. The molecule has 0 heterocycles. The van der Waals surface area contributed by atoms with Crippen molar-refractivity contribution in [2.45, 2.75) is 26.3 Å². The van der Waals surface area contributed by atoms with E-state index in [1.54, 1.807) is 0 Å². The van der Waals surface area contributed by atoms with E-state index in [-0.39, 0.29) is 6.04 Å². The third-order valence-electron chi connectivity index (χ3n) is 3.43. The Bertz CT molecular complexity index is 571. The van der Waals surface area contributed by atoms with Gasteiger partial charge in [0.15, 0.2) is 0 Å². The molecule has 1 unspecified atom stereocenters. The first-order chi connectivity index (χ1) is 10.3. The van der Waals surface area contributed by atoms with Crippen LogP contribution in [0.1, 0.15) is 31.0 Å². The molecule has 0 saturated heterocycles. The van der Waals surface area contributed by atoms with E-state index in [2.05, 4.69) is 58.5 Å². The fraction of sp³-hybridized carbons (Fsp3) is 0.333. The molecule has 2 aromatic rings. The third-order valence-corrected chi connectivity index (χ3v) is 4.20. The first-order valence-corrected chi connectivity index (χ1v) is 8.24. The van der Waals surface area contributed by atoms with Crippen LogP contribution in [0.15, 0.2) is 53.0 Å². The second-order valence-corrected chi connectivity index (χ2v) is 5.73. The zero-order chi connectivity index (χ0) is 15.1. The van der Waals surface area contributed by atoms with E-state index in [1.165, 1.54) is 11.1 Å². The van der Waals surface area contributed by atoms with Crippen LogP contribution in [0.25, 0.3) is 0 Å². The highest BCUT2D eigenvalue weighted by atomic mass is 79.9. The third kappa shape index (κ3) is 4.32. The van der Waals surface area contributed by atoms with Gasteiger partial charge in [-0.1, -0.05) is 59.3 Å². The molecular formula is C18H22BrNO. The van der Waals surface area contributed by atoms with E-state index in [4.69, 9.17) is 4.74 Å². The summed E-state index contributed by atoms with van der Waals surface area (Å²) >= 11 is 3.64. The largest absolute Gasteiger partial charge is 0.494 e. The summed E-state index contributed by atoms with van der Waals surface area (Å²) < 4.78 is 6.93. The molecule has 2 rings (SSSR count). The Hall–Kier alpha value is -1.32. The smallest absolute Gasteiger partial charge is 0.124 e. The molecule has 0 aliphatic heterocycles. The number of nitrogens with one attached hydrogen (secondary N) is 1. The van der Waals surface area contributed by atoms with Gasteiger partial charge in [-0.2, -0.15) is 0 Å². The molecule has 2 aromatic carbocycles. The SMILES string of the molecule is CCNC(Cc1ccccc1Br)c1ccccc1OCC. The summed E-state index contributed by atoms with van der Waals surface area (Å²) in [5, 5.41) is 3.57. The molecule has 0 aliphatic carbocycles. The Balaban J connectivity index is 2.29. The van der Waals surface area contributed by atoms with Crippen molar-refractivity contribution in [1.29, 1.82) is 0 Å². The first-order valence-electron chi connectivity index (χ1n) is 7.44. The minimum Gasteiger partial charge on any atom is -0.494 e. The molecule has 21 heavy (non-hydrogen) atoms. The number of para-hydroxylation sites is 1. The van der Waals surface area contributed by atoms with Crippen molar-refractivity contribution in [3.63, 3.8) is 0 Å². The van der Waals surface area contributed by atoms with Gasteiger partial charge >= 0.3 is 0 Å². The fourth-order valence-electron chi connectivity index (χ4n) is 2.48. The second kappa shape index (κ2) is 8.20. The van der Waals surface area contributed by atoms with E-state index < -0.39 is 0 Å². The molecule has 0 aliphatic rings. The number of rotatable bonds is 7. The molecule has 0 bridgehead atoms. The number of benzene rings is 2. The molecule has 0 radical (unpaired) electrons. The summed E-state index contributed by atoms with van der Waals surface area (Å²) in [7, 11) is 0. The lowest BCUT2D eigenvalue weighted by Gasteiger charge is -2.22. The van der Waals surface area contributed by atoms with Crippen LogP contribution in [0, 0.1) is 0 Å². The van der Waals surface area contributed by atoms with Crippen molar-refractivity contribution < 1.29 is 4.74 Å². The minimum absolute atomic E-state index is 0.247. The standard InChI is InChI=1S/C18H22BrNO/c1-3-20-17(13-14-9-5-7-11-16(14)19)15-10-6-8-12-18(15)21-4-2/h5-12,17,20H,3-4,13H2,1-2H3. The summed E-state index contributed by atoms with van der Waals surface area (Å²) in [6, 6.07) is 16.9. The van der Waals surface area contributed by atoms with E-state index in [0.29, 0.717) is 6.61 Å². The maximum atomic E-state index is 5.78. The van der Waals surface area contributed by atoms with Crippen molar-refractivity contribution in [1.82, 2.24) is 5.32 Å². The van der Waals surface area contributed by atoms with Crippen LogP contribution in [0.3, 0.4) is 0 Å². The molecule has 2 nitrogen and oxygen atoms in total. The van der Waals surface area contributed by atoms with E-state index >= 15 is 0 Å². The van der Waals surface area contributed by atoms with E-state index in [1.807, 2.05) is 25.1 Å². The van der Waals surface area contributed by atoms with Gasteiger partial charge in [-0.25, -0.2) is 0 Å². The normalized spacial score (nSPS) is 12.1. The van der Waals surface area contributed by atoms with Crippen molar-refractivity contribution in [2.75, 3.05) is 13.2 Å². The lowest BCUT2D eigenvalue weighted by Crippen LogP contribution is -2.23. The van der Waals surface area contributed by atoms with Crippen molar-refractivity contribution in [2.24, 2.45) is 0 Å². The summed E-state index contributed by atoms with van der Waals surface area (Å²) in [5.41, 5.74) is 2.52. The van der Waals surface area contributed by atoms with Crippen molar-refractivity contribution in [3.05, 3.63) is 64.1 Å². The maximum Gasteiger partial charge on any atom is 0.124 e. The quantitative estimate of drug-likeness (QED) is 0.780. The molecule has 1 N–H and O–H groups in total. The molecule has 0 saturated carbocycles. The predicted molar refractivity (Wildman–Crippen MR) is 91.9 cm³/mol. The average molecular weight is 348 g/mol. The second-order valence-electron chi connectivity index (χ2n) is 4.88. The Morgan fingerprint density at radius 3 is 2.48 bits per heavy atom. The van der Waals surface area contributed by atoms with Gasteiger partial charge in [-0.15, -0.1) is 0 Å². The highest BCUT2D eigenvalue weighted by Crippen LogP contribution is 2.29. The predicted octanol–water partition coefficient (Wildman–Crippen LogP) is 4.74. The van der Waals surface area contributed by atoms with E-state index in [9.17, 15) is 0 Å². The summed E-state index contributed by atoms with van der Waals surface area (Å²) in [5.74, 6) is 0.970. The summed E-state index contributed by atoms with van der Waals surface area (Å²) in [6.07, 6.45) is 0.930. The van der Waals surface area contributed by atoms with Crippen LogP contribution in [-0.4, -0.2) is 13.2 Å². The lowest BCUT2D eigenvalue weighted by molar-refractivity contribution is 0.331. The van der Waals surface area contributed by atoms with Gasteiger partial charge in [0.2, 0.25) is 0 Å². The fourth-order valence-corrected chi connectivity index (χ4v) is 2.92. The van der Waals surface area contributed by atoms with Gasteiger partial charge in [-0.05, 0) is 37.6 Å². The minimum atomic E-state index is 0.247. The van der Waals surface area contributed by atoms with Crippen LogP contribution >= 0.6 is 15.9 Å². The summed E-state index contributed by atoms with van der Waals surface area (Å²) in [4.78, 5) is 0. The van der Waals surface area contributed by atoms with Crippen LogP contribution in [0.2, 0.25) is 0 Å². The molecular weight excluding hydrogens is 326 g/mol. The molecule has 0 spiro atoms. The van der Waals surface area contributed by atoms with Gasteiger partial charge in [0.1, 0.15) is 5.75 Å². The van der Waals surface area contributed by atoms with Crippen LogP contribution in [-0.2, 0) is 6.42 Å². The zero-order valence-corrected chi connectivity index (χ0v) is 14.2. The highest BCUT2D eigenvalue weighted by molar-refractivity contribution is 9.10. The molecule has 0 fully saturated rings. The van der Waals surface area contributed by atoms with Gasteiger partial charge in [0, 0.05) is 16.1 Å². The maximum absolute atomic E-state index is 5.78. The van der Waals surface area contributed by atoms with Gasteiger partial charge in [0.05, 0.1) is 6.61 Å². The number of likely N-dealkylation sites (N-methyl/N-ethyl adjacent to an activating group) is 1. The number of hydrogen-bond donors (Lipinski definition) is 1. The van der Waals surface area contributed by atoms with Crippen molar-refractivity contribution in [3.8, 4) is 5.75 Å². The molecule has 3 heteroatoms. The van der Waals surface area contributed by atoms with Crippen LogP contribution in [0.5, 0.6) is 5.75 Å². The average Bonchev–Trinajstić information content (AvgIpc) is 2.50. The molecule has 0 amide bonds. The van der Waals surface area contributed by atoms with Crippen LogP contribution < -0.4 is 10.1 Å². The number of hydrogen-bond acceptors (Lipinski definition) is 2. The van der Waals surface area contributed by atoms with Crippen LogP contribution in [0.4, 0.5) is 0 Å². The van der Waals surface area contributed by atoms with Gasteiger partial charge in [-0.3, -0.25) is 0 Å². The van der Waals surface area contributed by atoms with E-state index in [0.717, 1.165) is 23.2 Å². The first kappa shape index (κ1) is 16.1. The highest BCUT2D eigenvalue weighted by Gasteiger charge is 2.16. The molecule has 112 valence electrons. The van der Waals surface area contributed by atoms with Gasteiger partial charge in [0.25, 0.3) is 0 Å². The molecule has 0 aromatic heterocycles. The topological polar surface area (TPSA) is 21.3 Å².